The van der Waals surface area contributed by atoms with E-state index in [1.54, 1.807) is 11.3 Å². The first-order valence-corrected chi connectivity index (χ1v) is 4.54. The summed E-state index contributed by atoms with van der Waals surface area (Å²) in [5.74, 6) is 0. The summed E-state index contributed by atoms with van der Waals surface area (Å²) in [7, 11) is 0. The fraction of sp³-hybridized carbons (Fsp3) is 0.111. The minimum absolute atomic E-state index is 0.798. The van der Waals surface area contributed by atoms with Crippen LogP contribution < -0.4 is 0 Å². The number of aryl methyl sites for hydroxylation is 1. The molecule has 0 saturated heterocycles. The van der Waals surface area contributed by atoms with Crippen molar-refractivity contribution in [2.24, 2.45) is 0 Å². The molecule has 2 rings (SSSR count). The summed E-state index contributed by atoms with van der Waals surface area (Å²) in [6.45, 7) is 2.08. The van der Waals surface area contributed by atoms with Crippen molar-refractivity contribution in [1.82, 2.24) is 0 Å². The van der Waals surface area contributed by atoms with Crippen molar-refractivity contribution in [3.63, 3.8) is 0 Å². The molecule has 1 radical (unpaired) electrons. The average Bonchev–Trinajstić information content (AvgIpc) is 2.35. The van der Waals surface area contributed by atoms with Gasteiger partial charge in [0.2, 0.25) is 0 Å². The van der Waals surface area contributed by atoms with Gasteiger partial charge in [0.1, 0.15) is 0 Å². The summed E-state index contributed by atoms with van der Waals surface area (Å²) < 4.78 is 0. The highest BCUT2D eigenvalue weighted by Crippen LogP contribution is 2.29. The molecule has 1 aromatic heterocycles. The SMILES string of the molecule is Cc1s[c]c2c(Cl)cccc12. The Morgan fingerprint density at radius 3 is 3.00 bits per heavy atom. The van der Waals surface area contributed by atoms with Crippen molar-refractivity contribution >= 4 is 33.7 Å². The molecule has 1 aromatic carbocycles. The van der Waals surface area contributed by atoms with Crippen LogP contribution in [-0.2, 0) is 0 Å². The normalized spacial score (nSPS) is 10.7. The van der Waals surface area contributed by atoms with Crippen LogP contribution in [-0.4, -0.2) is 0 Å². The summed E-state index contributed by atoms with van der Waals surface area (Å²) >= 11 is 7.57. The minimum atomic E-state index is 0.798. The molecular weight excluding hydrogens is 176 g/mol. The predicted octanol–water partition coefficient (Wildman–Crippen LogP) is 3.66. The van der Waals surface area contributed by atoms with Crippen LogP contribution in [0.2, 0.25) is 5.02 Å². The van der Waals surface area contributed by atoms with Crippen molar-refractivity contribution in [2.45, 2.75) is 6.92 Å². The molecular formula is C9H6ClS. The molecule has 1 heterocycles. The molecule has 0 amide bonds. The fourth-order valence-corrected chi connectivity index (χ4v) is 2.14. The molecule has 2 heteroatoms. The van der Waals surface area contributed by atoms with E-state index in [2.05, 4.69) is 18.4 Å². The van der Waals surface area contributed by atoms with E-state index in [9.17, 15) is 0 Å². The van der Waals surface area contributed by atoms with Crippen molar-refractivity contribution < 1.29 is 0 Å². The van der Waals surface area contributed by atoms with Gasteiger partial charge in [0, 0.05) is 15.3 Å². The van der Waals surface area contributed by atoms with Gasteiger partial charge < -0.3 is 0 Å². The van der Waals surface area contributed by atoms with Gasteiger partial charge in [-0.3, -0.25) is 0 Å². The molecule has 55 valence electrons. The molecule has 2 aromatic rings. The second kappa shape index (κ2) is 2.50. The number of hydrogen-bond acceptors (Lipinski definition) is 1. The second-order valence-electron chi connectivity index (χ2n) is 2.42. The third-order valence-corrected chi connectivity index (χ3v) is 2.85. The molecule has 0 fully saturated rings. The Kier molecular flexibility index (Phi) is 1.63. The van der Waals surface area contributed by atoms with E-state index in [0.717, 1.165) is 10.4 Å². The Bertz CT molecular complexity index is 389. The van der Waals surface area contributed by atoms with Gasteiger partial charge in [-0.25, -0.2) is 0 Å². The number of halogens is 1. The van der Waals surface area contributed by atoms with E-state index < -0.39 is 0 Å². The Labute approximate surface area is 74.4 Å². The molecule has 0 bridgehead atoms. The molecule has 11 heavy (non-hydrogen) atoms. The minimum Gasteiger partial charge on any atom is -0.138 e. The first kappa shape index (κ1) is 7.14. The summed E-state index contributed by atoms with van der Waals surface area (Å²) in [5.41, 5.74) is 0. The number of rotatable bonds is 0. The van der Waals surface area contributed by atoms with E-state index in [0.29, 0.717) is 0 Å². The summed E-state index contributed by atoms with van der Waals surface area (Å²) in [6.07, 6.45) is 0. The maximum atomic E-state index is 5.95. The van der Waals surface area contributed by atoms with Crippen LogP contribution in [0.4, 0.5) is 0 Å². The molecule has 0 nitrogen and oxygen atoms in total. The van der Waals surface area contributed by atoms with Crippen LogP contribution in [0, 0.1) is 12.3 Å². The quantitative estimate of drug-likeness (QED) is 0.582. The second-order valence-corrected chi connectivity index (χ2v) is 3.85. The van der Waals surface area contributed by atoms with Crippen LogP contribution in [0.25, 0.3) is 10.8 Å². The molecule has 0 spiro atoms. The number of hydrogen-bond donors (Lipinski definition) is 0. The average molecular weight is 182 g/mol. The van der Waals surface area contributed by atoms with Crippen LogP contribution >= 0.6 is 22.9 Å². The highest BCUT2D eigenvalue weighted by Gasteiger charge is 2.01. The number of fused-ring (bicyclic) bond motifs is 1. The zero-order chi connectivity index (χ0) is 7.84. The Morgan fingerprint density at radius 1 is 1.45 bits per heavy atom. The zero-order valence-electron chi connectivity index (χ0n) is 6.02. The van der Waals surface area contributed by atoms with Gasteiger partial charge >= 0.3 is 0 Å². The molecule has 0 aliphatic carbocycles. The lowest BCUT2D eigenvalue weighted by molar-refractivity contribution is 1.68. The van der Waals surface area contributed by atoms with Crippen molar-refractivity contribution in [3.05, 3.63) is 33.5 Å². The fourth-order valence-electron chi connectivity index (χ4n) is 1.10. The van der Waals surface area contributed by atoms with Gasteiger partial charge in [0.25, 0.3) is 0 Å². The first-order chi connectivity index (χ1) is 5.29. The van der Waals surface area contributed by atoms with Gasteiger partial charge in [-0.1, -0.05) is 23.7 Å². The van der Waals surface area contributed by atoms with Crippen LogP contribution in [0.15, 0.2) is 18.2 Å². The summed E-state index contributed by atoms with van der Waals surface area (Å²) in [6, 6.07) is 5.94. The lowest BCUT2D eigenvalue weighted by Crippen LogP contribution is -1.67. The van der Waals surface area contributed by atoms with E-state index in [1.807, 2.05) is 12.1 Å². The Morgan fingerprint density at radius 2 is 2.27 bits per heavy atom. The van der Waals surface area contributed by atoms with Gasteiger partial charge in [-0.05, 0) is 18.4 Å². The highest BCUT2D eigenvalue weighted by atomic mass is 35.5. The molecule has 0 atom stereocenters. The van der Waals surface area contributed by atoms with E-state index in [-0.39, 0.29) is 0 Å². The van der Waals surface area contributed by atoms with Crippen LogP contribution in [0.1, 0.15) is 4.88 Å². The van der Waals surface area contributed by atoms with Crippen molar-refractivity contribution in [1.29, 1.82) is 0 Å². The summed E-state index contributed by atoms with van der Waals surface area (Å²) in [5, 5.41) is 6.24. The van der Waals surface area contributed by atoms with Crippen LogP contribution in [0.5, 0.6) is 0 Å². The topological polar surface area (TPSA) is 0 Å². The van der Waals surface area contributed by atoms with Gasteiger partial charge in [-0.15, -0.1) is 11.3 Å². The lowest BCUT2D eigenvalue weighted by atomic mass is 10.2. The molecule has 0 aliphatic heterocycles. The maximum Gasteiger partial charge on any atom is 0.0545 e. The van der Waals surface area contributed by atoms with E-state index in [1.165, 1.54) is 10.3 Å². The third-order valence-electron chi connectivity index (χ3n) is 1.70. The molecule has 0 saturated carbocycles. The largest absolute Gasteiger partial charge is 0.138 e. The number of thiophene rings is 1. The van der Waals surface area contributed by atoms with E-state index >= 15 is 0 Å². The molecule has 0 unspecified atom stereocenters. The van der Waals surface area contributed by atoms with Gasteiger partial charge in [-0.2, -0.15) is 0 Å². The Balaban J connectivity index is 2.94. The summed E-state index contributed by atoms with van der Waals surface area (Å²) in [4.78, 5) is 1.28. The number of benzene rings is 1. The maximum absolute atomic E-state index is 5.95. The molecule has 0 N–H and O–H groups in total. The third kappa shape index (κ3) is 1.05. The Hall–Kier alpha value is -0.530. The van der Waals surface area contributed by atoms with Gasteiger partial charge in [0.05, 0.1) is 5.38 Å². The van der Waals surface area contributed by atoms with Crippen molar-refractivity contribution in [2.75, 3.05) is 0 Å². The highest BCUT2D eigenvalue weighted by molar-refractivity contribution is 7.11. The van der Waals surface area contributed by atoms with Gasteiger partial charge in [0.15, 0.2) is 0 Å². The zero-order valence-corrected chi connectivity index (χ0v) is 7.59. The predicted molar refractivity (Wildman–Crippen MR) is 50.4 cm³/mol. The van der Waals surface area contributed by atoms with Crippen LogP contribution in [0.3, 0.4) is 0 Å². The van der Waals surface area contributed by atoms with E-state index in [4.69, 9.17) is 11.6 Å². The standard InChI is InChI=1S/C9H6ClS/c1-6-7-3-2-4-9(10)8(7)5-11-6/h2-4H,1H3. The molecule has 0 aliphatic rings. The first-order valence-electron chi connectivity index (χ1n) is 3.34. The monoisotopic (exact) mass is 181 g/mol. The van der Waals surface area contributed by atoms with Crippen molar-refractivity contribution in [3.8, 4) is 0 Å². The lowest BCUT2D eigenvalue weighted by Gasteiger charge is -1.91. The smallest absolute Gasteiger partial charge is 0.0545 e.